The van der Waals surface area contributed by atoms with Crippen LogP contribution in [0, 0.1) is 0 Å². The van der Waals surface area contributed by atoms with E-state index in [0.29, 0.717) is 18.5 Å². The number of hydrogen-bond acceptors (Lipinski definition) is 5. The molecule has 3 rings (SSSR count). The summed E-state index contributed by atoms with van der Waals surface area (Å²) >= 11 is 0. The maximum atomic E-state index is 6.01. The molecule has 1 aromatic carbocycles. The molecule has 138 valence electrons. The normalized spacial score (nSPS) is 18.3. The summed E-state index contributed by atoms with van der Waals surface area (Å²) in [6.07, 6.45) is 3.40. The van der Waals surface area contributed by atoms with Gasteiger partial charge in [0.2, 0.25) is 0 Å². The Morgan fingerprint density at radius 1 is 0.962 bits per heavy atom. The molecule has 0 aliphatic carbocycles. The summed E-state index contributed by atoms with van der Waals surface area (Å²) in [6.45, 7) is 12.9. The third-order valence-corrected chi connectivity index (χ3v) is 5.19. The Balaban J connectivity index is 1.60. The highest BCUT2D eigenvalue weighted by atomic mass is 16.7. The van der Waals surface area contributed by atoms with Gasteiger partial charge in [-0.1, -0.05) is 38.1 Å². The first-order valence-corrected chi connectivity index (χ1v) is 9.07. The highest BCUT2D eigenvalue weighted by molar-refractivity contribution is 6.61. The quantitative estimate of drug-likeness (QED) is 0.770. The van der Waals surface area contributed by atoms with Gasteiger partial charge in [0.25, 0.3) is 0 Å². The zero-order chi connectivity index (χ0) is 18.9. The Bertz CT molecular complexity index is 727. The van der Waals surface area contributed by atoms with Crippen LogP contribution >= 0.6 is 0 Å². The summed E-state index contributed by atoms with van der Waals surface area (Å²) in [5.41, 5.74) is 2.44. The average Bonchev–Trinajstić information content (AvgIpc) is 2.81. The van der Waals surface area contributed by atoms with E-state index in [4.69, 9.17) is 14.0 Å². The molecule has 2 heterocycles. The summed E-state index contributed by atoms with van der Waals surface area (Å²) in [6, 6.07) is 8.76. The maximum Gasteiger partial charge on any atom is 0.498 e. The van der Waals surface area contributed by atoms with Gasteiger partial charge in [0, 0.05) is 17.9 Å². The molecule has 0 N–H and O–H groups in total. The van der Waals surface area contributed by atoms with Gasteiger partial charge in [0.05, 0.1) is 11.2 Å². The van der Waals surface area contributed by atoms with Gasteiger partial charge < -0.3 is 14.0 Å². The molecule has 1 saturated heterocycles. The largest absolute Gasteiger partial charge is 0.498 e. The predicted molar refractivity (Wildman–Crippen MR) is 103 cm³/mol. The number of benzene rings is 1. The second kappa shape index (κ2) is 7.01. The SMILES string of the molecule is CC(C)c1ccc(COc2ncc(B3OC(C)(C)C(C)(C)O3)cn2)cc1. The number of hydrogen-bond donors (Lipinski definition) is 0. The van der Waals surface area contributed by atoms with Crippen molar-refractivity contribution in [1.29, 1.82) is 0 Å². The highest BCUT2D eigenvalue weighted by Gasteiger charge is 2.51. The number of rotatable bonds is 5. The van der Waals surface area contributed by atoms with E-state index in [1.165, 1.54) is 5.56 Å². The Morgan fingerprint density at radius 2 is 1.50 bits per heavy atom. The van der Waals surface area contributed by atoms with Crippen LogP contribution in [0.3, 0.4) is 0 Å². The molecule has 2 aromatic rings. The zero-order valence-electron chi connectivity index (χ0n) is 16.4. The number of nitrogens with zero attached hydrogens (tertiary/aromatic N) is 2. The number of ether oxygens (including phenoxy) is 1. The van der Waals surface area contributed by atoms with E-state index < -0.39 is 7.12 Å². The average molecular weight is 354 g/mol. The van der Waals surface area contributed by atoms with Gasteiger partial charge >= 0.3 is 13.1 Å². The lowest BCUT2D eigenvalue weighted by atomic mass is 9.81. The maximum absolute atomic E-state index is 6.01. The molecule has 26 heavy (non-hydrogen) atoms. The third kappa shape index (κ3) is 3.91. The molecule has 0 amide bonds. The van der Waals surface area contributed by atoms with Gasteiger partial charge in [-0.25, -0.2) is 9.97 Å². The Labute approximate surface area is 156 Å². The minimum Gasteiger partial charge on any atom is -0.459 e. The van der Waals surface area contributed by atoms with Crippen molar-refractivity contribution in [2.75, 3.05) is 0 Å². The van der Waals surface area contributed by atoms with Gasteiger partial charge in [-0.05, 0) is 44.7 Å². The van der Waals surface area contributed by atoms with Crippen LogP contribution in [0.25, 0.3) is 0 Å². The Morgan fingerprint density at radius 3 is 2.00 bits per heavy atom. The van der Waals surface area contributed by atoms with Crippen molar-refractivity contribution in [2.24, 2.45) is 0 Å². The van der Waals surface area contributed by atoms with E-state index in [9.17, 15) is 0 Å². The van der Waals surface area contributed by atoms with Crippen molar-refractivity contribution >= 4 is 12.6 Å². The van der Waals surface area contributed by atoms with Crippen LogP contribution in [0.2, 0.25) is 0 Å². The first-order valence-electron chi connectivity index (χ1n) is 9.07. The molecule has 0 unspecified atom stereocenters. The molecule has 0 atom stereocenters. The molecule has 6 heteroatoms. The minimum absolute atomic E-state index is 0.346. The molecular weight excluding hydrogens is 327 g/mol. The Hall–Kier alpha value is -1.92. The lowest BCUT2D eigenvalue weighted by Gasteiger charge is -2.32. The molecule has 5 nitrogen and oxygen atoms in total. The van der Waals surface area contributed by atoms with Crippen LogP contribution < -0.4 is 10.2 Å². The van der Waals surface area contributed by atoms with Crippen LogP contribution in [-0.2, 0) is 15.9 Å². The van der Waals surface area contributed by atoms with Gasteiger partial charge in [0.15, 0.2) is 0 Å². The van der Waals surface area contributed by atoms with Crippen LogP contribution in [-0.4, -0.2) is 28.3 Å². The van der Waals surface area contributed by atoms with Crippen LogP contribution in [0.4, 0.5) is 0 Å². The van der Waals surface area contributed by atoms with E-state index in [0.717, 1.165) is 11.0 Å². The zero-order valence-corrected chi connectivity index (χ0v) is 16.4. The minimum atomic E-state index is -0.461. The second-order valence-corrected chi connectivity index (χ2v) is 8.07. The van der Waals surface area contributed by atoms with Gasteiger partial charge in [0.1, 0.15) is 6.61 Å². The van der Waals surface area contributed by atoms with Crippen LogP contribution in [0.5, 0.6) is 6.01 Å². The molecular formula is C20H27BN2O3. The smallest absolute Gasteiger partial charge is 0.459 e. The molecule has 0 saturated carbocycles. The fourth-order valence-electron chi connectivity index (χ4n) is 2.65. The summed E-state index contributed by atoms with van der Waals surface area (Å²) in [5, 5.41) is 0. The molecule has 1 aliphatic rings. The molecule has 1 fully saturated rings. The van der Waals surface area contributed by atoms with Crippen molar-refractivity contribution < 1.29 is 14.0 Å². The van der Waals surface area contributed by atoms with Crippen molar-refractivity contribution in [3.63, 3.8) is 0 Å². The summed E-state index contributed by atoms with van der Waals surface area (Å²) in [5.74, 6) is 0.524. The molecule has 1 aliphatic heterocycles. The van der Waals surface area contributed by atoms with Crippen LogP contribution in [0.1, 0.15) is 58.6 Å². The predicted octanol–water partition coefficient (Wildman–Crippen LogP) is 3.48. The summed E-state index contributed by atoms with van der Waals surface area (Å²) < 4.78 is 17.7. The van der Waals surface area contributed by atoms with E-state index in [1.807, 2.05) is 27.7 Å². The number of aromatic nitrogens is 2. The van der Waals surface area contributed by atoms with Gasteiger partial charge in [-0.15, -0.1) is 0 Å². The standard InChI is InChI=1S/C20H27BN2O3/c1-14(2)16-9-7-15(8-10-16)13-24-18-22-11-17(12-23-18)21-25-19(3,4)20(5,6)26-21/h7-12,14H,13H2,1-6H3. The van der Waals surface area contributed by atoms with E-state index in [-0.39, 0.29) is 11.2 Å². The van der Waals surface area contributed by atoms with E-state index >= 15 is 0 Å². The monoisotopic (exact) mass is 354 g/mol. The van der Waals surface area contributed by atoms with E-state index in [1.54, 1.807) is 12.4 Å². The first-order chi connectivity index (χ1) is 12.2. The van der Waals surface area contributed by atoms with Crippen molar-refractivity contribution in [1.82, 2.24) is 9.97 Å². The first kappa shape index (κ1) is 18.9. The molecule has 0 bridgehead atoms. The fourth-order valence-corrected chi connectivity index (χ4v) is 2.65. The topological polar surface area (TPSA) is 53.5 Å². The van der Waals surface area contributed by atoms with Gasteiger partial charge in [-0.3, -0.25) is 0 Å². The van der Waals surface area contributed by atoms with Crippen molar-refractivity contribution in [2.45, 2.75) is 65.3 Å². The molecule has 0 spiro atoms. The van der Waals surface area contributed by atoms with Gasteiger partial charge in [-0.2, -0.15) is 0 Å². The third-order valence-electron chi connectivity index (χ3n) is 5.19. The lowest BCUT2D eigenvalue weighted by Crippen LogP contribution is -2.41. The van der Waals surface area contributed by atoms with E-state index in [2.05, 4.69) is 48.1 Å². The highest BCUT2D eigenvalue weighted by Crippen LogP contribution is 2.36. The lowest BCUT2D eigenvalue weighted by molar-refractivity contribution is 0.00578. The molecule has 0 radical (unpaired) electrons. The molecule has 1 aromatic heterocycles. The summed E-state index contributed by atoms with van der Waals surface area (Å²) in [4.78, 5) is 8.57. The Kier molecular flexibility index (Phi) is 5.08. The summed E-state index contributed by atoms with van der Waals surface area (Å²) in [7, 11) is -0.461. The van der Waals surface area contributed by atoms with Crippen molar-refractivity contribution in [3.8, 4) is 6.01 Å². The fraction of sp³-hybridized carbons (Fsp3) is 0.500. The van der Waals surface area contributed by atoms with Crippen molar-refractivity contribution in [3.05, 3.63) is 47.8 Å². The van der Waals surface area contributed by atoms with Crippen LogP contribution in [0.15, 0.2) is 36.7 Å². The second-order valence-electron chi connectivity index (χ2n) is 8.07.